The van der Waals surface area contributed by atoms with Crippen molar-refractivity contribution in [2.75, 3.05) is 38.2 Å². The van der Waals surface area contributed by atoms with Crippen LogP contribution in [0.2, 0.25) is 0 Å². The summed E-state index contributed by atoms with van der Waals surface area (Å²) in [7, 11) is 1.69. The van der Waals surface area contributed by atoms with Gasteiger partial charge in [0, 0.05) is 37.9 Å². The number of thiocarbonyl (C=S) groups is 1. The summed E-state index contributed by atoms with van der Waals surface area (Å²) in [4.78, 5) is 4.63. The van der Waals surface area contributed by atoms with Crippen molar-refractivity contribution in [3.63, 3.8) is 0 Å². The first-order valence-corrected chi connectivity index (χ1v) is 7.61. The van der Waals surface area contributed by atoms with E-state index in [4.69, 9.17) is 17.0 Å². The SMILES string of the molecule is C=CCNC(=S)N1CCN(c2ccc(OC)cc2)C(C)C1. The van der Waals surface area contributed by atoms with Gasteiger partial charge in [-0.2, -0.15) is 0 Å². The van der Waals surface area contributed by atoms with E-state index >= 15 is 0 Å². The van der Waals surface area contributed by atoms with Gasteiger partial charge >= 0.3 is 0 Å². The fourth-order valence-electron chi connectivity index (χ4n) is 2.57. The molecule has 0 spiro atoms. The Balaban J connectivity index is 1.96. The van der Waals surface area contributed by atoms with E-state index in [1.165, 1.54) is 5.69 Å². The second kappa shape index (κ2) is 7.31. The number of nitrogens with one attached hydrogen (secondary N) is 1. The summed E-state index contributed by atoms with van der Waals surface area (Å²) in [5.41, 5.74) is 1.23. The maximum Gasteiger partial charge on any atom is 0.169 e. The Morgan fingerprint density at radius 2 is 2.14 bits per heavy atom. The van der Waals surface area contributed by atoms with Crippen molar-refractivity contribution in [1.29, 1.82) is 0 Å². The van der Waals surface area contributed by atoms with Gasteiger partial charge in [0.15, 0.2) is 5.11 Å². The van der Waals surface area contributed by atoms with Crippen molar-refractivity contribution in [2.45, 2.75) is 13.0 Å². The number of benzene rings is 1. The maximum atomic E-state index is 5.41. The Hall–Kier alpha value is -1.75. The van der Waals surface area contributed by atoms with Crippen molar-refractivity contribution < 1.29 is 4.74 Å². The topological polar surface area (TPSA) is 27.7 Å². The first-order chi connectivity index (χ1) is 10.2. The van der Waals surface area contributed by atoms with Gasteiger partial charge in [0.25, 0.3) is 0 Å². The van der Waals surface area contributed by atoms with Crippen molar-refractivity contribution in [3.05, 3.63) is 36.9 Å². The minimum atomic E-state index is 0.413. The van der Waals surface area contributed by atoms with E-state index in [1.807, 2.05) is 18.2 Å². The van der Waals surface area contributed by atoms with Crippen molar-refractivity contribution in [1.82, 2.24) is 10.2 Å². The molecule has 1 unspecified atom stereocenters. The molecule has 1 saturated heterocycles. The highest BCUT2D eigenvalue weighted by Crippen LogP contribution is 2.23. The number of rotatable bonds is 4. The molecule has 1 aromatic carbocycles. The van der Waals surface area contributed by atoms with Crippen LogP contribution in [0.25, 0.3) is 0 Å². The van der Waals surface area contributed by atoms with Crippen LogP contribution in [0.15, 0.2) is 36.9 Å². The van der Waals surface area contributed by atoms with Gasteiger partial charge in [-0.25, -0.2) is 0 Å². The van der Waals surface area contributed by atoms with Gasteiger partial charge in [-0.3, -0.25) is 0 Å². The van der Waals surface area contributed by atoms with E-state index in [1.54, 1.807) is 7.11 Å². The van der Waals surface area contributed by atoms with Crippen LogP contribution in [0.3, 0.4) is 0 Å². The molecule has 0 amide bonds. The van der Waals surface area contributed by atoms with Gasteiger partial charge in [0.1, 0.15) is 5.75 Å². The van der Waals surface area contributed by atoms with E-state index in [-0.39, 0.29) is 0 Å². The van der Waals surface area contributed by atoms with Crippen LogP contribution in [0.4, 0.5) is 5.69 Å². The lowest BCUT2D eigenvalue weighted by Crippen LogP contribution is -2.55. The summed E-state index contributed by atoms with van der Waals surface area (Å²) >= 11 is 5.41. The number of ether oxygens (including phenoxy) is 1. The molecule has 0 saturated carbocycles. The molecule has 0 aromatic heterocycles. The van der Waals surface area contributed by atoms with E-state index in [2.05, 4.69) is 40.8 Å². The molecule has 1 aromatic rings. The zero-order valence-corrected chi connectivity index (χ0v) is 13.5. The standard InChI is InChI=1S/C16H23N3OS/c1-4-9-17-16(21)18-10-11-19(13(2)12-18)14-5-7-15(20-3)8-6-14/h4-8,13H,1,9-12H2,2-3H3,(H,17,21). The molecule has 1 fully saturated rings. The Bertz CT molecular complexity index is 489. The molecule has 114 valence electrons. The first kappa shape index (κ1) is 15.6. The first-order valence-electron chi connectivity index (χ1n) is 7.20. The molecule has 21 heavy (non-hydrogen) atoms. The normalized spacial score (nSPS) is 18.3. The molecular weight excluding hydrogens is 282 g/mol. The van der Waals surface area contributed by atoms with E-state index in [0.717, 1.165) is 30.5 Å². The third kappa shape index (κ3) is 3.88. The molecule has 1 N–H and O–H groups in total. The van der Waals surface area contributed by atoms with Crippen molar-refractivity contribution in [3.8, 4) is 5.75 Å². The van der Waals surface area contributed by atoms with Gasteiger partial charge < -0.3 is 19.9 Å². The summed E-state index contributed by atoms with van der Waals surface area (Å²) in [5.74, 6) is 0.889. The minimum Gasteiger partial charge on any atom is -0.497 e. The number of hydrogen-bond acceptors (Lipinski definition) is 3. The fraction of sp³-hybridized carbons (Fsp3) is 0.438. The smallest absolute Gasteiger partial charge is 0.169 e. The number of methoxy groups -OCH3 is 1. The molecule has 1 aliphatic heterocycles. The predicted octanol–water partition coefficient (Wildman–Crippen LogP) is 2.27. The molecule has 1 atom stereocenters. The zero-order chi connectivity index (χ0) is 15.2. The summed E-state index contributed by atoms with van der Waals surface area (Å²) in [5, 5.41) is 4.01. The molecule has 1 heterocycles. The van der Waals surface area contributed by atoms with Crippen molar-refractivity contribution in [2.24, 2.45) is 0 Å². The number of hydrogen-bond donors (Lipinski definition) is 1. The second-order valence-corrected chi connectivity index (χ2v) is 5.55. The molecule has 5 heteroatoms. The highest BCUT2D eigenvalue weighted by Gasteiger charge is 2.25. The van der Waals surface area contributed by atoms with Gasteiger partial charge in [-0.1, -0.05) is 6.08 Å². The molecule has 0 aliphatic carbocycles. The van der Waals surface area contributed by atoms with Gasteiger partial charge in [0.2, 0.25) is 0 Å². The van der Waals surface area contributed by atoms with E-state index < -0.39 is 0 Å². The van der Waals surface area contributed by atoms with Crippen molar-refractivity contribution >= 4 is 23.0 Å². The lowest BCUT2D eigenvalue weighted by Gasteiger charge is -2.42. The molecule has 2 rings (SSSR count). The Morgan fingerprint density at radius 1 is 1.43 bits per heavy atom. The van der Waals surface area contributed by atoms with E-state index in [0.29, 0.717) is 12.6 Å². The largest absolute Gasteiger partial charge is 0.497 e. The van der Waals surface area contributed by atoms with Crippen LogP contribution in [0, 0.1) is 0 Å². The van der Waals surface area contributed by atoms with Gasteiger partial charge in [0.05, 0.1) is 7.11 Å². The van der Waals surface area contributed by atoms with Crippen LogP contribution in [0.1, 0.15) is 6.92 Å². The van der Waals surface area contributed by atoms with Gasteiger partial charge in [-0.15, -0.1) is 6.58 Å². The van der Waals surface area contributed by atoms with Crippen LogP contribution < -0.4 is 15.0 Å². The second-order valence-electron chi connectivity index (χ2n) is 5.16. The molecule has 0 radical (unpaired) electrons. The quantitative estimate of drug-likeness (QED) is 0.680. The van der Waals surface area contributed by atoms with Crippen LogP contribution in [0.5, 0.6) is 5.75 Å². The number of piperazine rings is 1. The van der Waals surface area contributed by atoms with Gasteiger partial charge in [-0.05, 0) is 43.4 Å². The Kier molecular flexibility index (Phi) is 5.44. The predicted molar refractivity (Wildman–Crippen MR) is 92.2 cm³/mol. The Morgan fingerprint density at radius 3 is 2.71 bits per heavy atom. The third-order valence-corrected chi connectivity index (χ3v) is 4.12. The maximum absolute atomic E-state index is 5.41. The summed E-state index contributed by atoms with van der Waals surface area (Å²) in [6.07, 6.45) is 1.82. The zero-order valence-electron chi connectivity index (χ0n) is 12.7. The lowest BCUT2D eigenvalue weighted by atomic mass is 10.1. The highest BCUT2D eigenvalue weighted by molar-refractivity contribution is 7.80. The van der Waals surface area contributed by atoms with Crippen LogP contribution >= 0.6 is 12.2 Å². The highest BCUT2D eigenvalue weighted by atomic mass is 32.1. The lowest BCUT2D eigenvalue weighted by molar-refractivity contribution is 0.335. The Labute approximate surface area is 132 Å². The average molecular weight is 305 g/mol. The monoisotopic (exact) mass is 305 g/mol. The summed E-state index contributed by atoms with van der Waals surface area (Å²) in [6.45, 7) is 9.46. The number of anilines is 1. The number of nitrogens with zero attached hydrogens (tertiary/aromatic N) is 2. The fourth-order valence-corrected chi connectivity index (χ4v) is 2.82. The average Bonchev–Trinajstić information content (AvgIpc) is 2.52. The van der Waals surface area contributed by atoms with Crippen LogP contribution in [-0.2, 0) is 0 Å². The molecular formula is C16H23N3OS. The third-order valence-electron chi connectivity index (χ3n) is 3.72. The van der Waals surface area contributed by atoms with E-state index in [9.17, 15) is 0 Å². The molecule has 4 nitrogen and oxygen atoms in total. The minimum absolute atomic E-state index is 0.413. The summed E-state index contributed by atoms with van der Waals surface area (Å²) in [6, 6.07) is 8.64. The molecule has 1 aliphatic rings. The molecule has 0 bridgehead atoms. The van der Waals surface area contributed by atoms with Crippen LogP contribution in [-0.4, -0.2) is 49.3 Å². The summed E-state index contributed by atoms with van der Waals surface area (Å²) < 4.78 is 5.21.